The third-order valence-corrected chi connectivity index (χ3v) is 3.40. The summed E-state index contributed by atoms with van der Waals surface area (Å²) in [5, 5.41) is 3.71. The molecular weight excluding hydrogens is 222 g/mol. The molecule has 1 aromatic rings. The molecule has 1 N–H and O–H groups in total. The summed E-state index contributed by atoms with van der Waals surface area (Å²) >= 11 is 0. The Balaban J connectivity index is 2.58. The zero-order valence-electron chi connectivity index (χ0n) is 12.2. The third kappa shape index (κ3) is 4.69. The number of hydrogen-bond acceptors (Lipinski definition) is 2. The van der Waals surface area contributed by atoms with E-state index in [0.29, 0.717) is 12.1 Å². The minimum absolute atomic E-state index is 0.447. The van der Waals surface area contributed by atoms with Crippen LogP contribution in [0.5, 0.6) is 5.75 Å². The van der Waals surface area contributed by atoms with Gasteiger partial charge in [-0.15, -0.1) is 0 Å². The molecule has 0 aliphatic heterocycles. The van der Waals surface area contributed by atoms with Crippen molar-refractivity contribution in [3.8, 4) is 5.75 Å². The Morgan fingerprint density at radius 2 is 1.83 bits per heavy atom. The van der Waals surface area contributed by atoms with Crippen LogP contribution in [0.4, 0.5) is 0 Å². The van der Waals surface area contributed by atoms with Crippen molar-refractivity contribution in [3.05, 3.63) is 29.8 Å². The lowest BCUT2D eigenvalue weighted by Gasteiger charge is -2.23. The second-order valence-electron chi connectivity index (χ2n) is 4.94. The van der Waals surface area contributed by atoms with E-state index in [2.05, 4.69) is 38.2 Å². The molecular formula is C16H27NO. The third-order valence-electron chi connectivity index (χ3n) is 3.40. The van der Waals surface area contributed by atoms with Crippen LogP contribution < -0.4 is 10.1 Å². The largest absolute Gasteiger partial charge is 0.497 e. The maximum absolute atomic E-state index is 5.20. The summed E-state index contributed by atoms with van der Waals surface area (Å²) in [7, 11) is 1.71. The SMILES string of the molecule is CCCCC(C)NC(CC)c1ccc(OC)cc1. The topological polar surface area (TPSA) is 21.3 Å². The van der Waals surface area contributed by atoms with Crippen molar-refractivity contribution in [2.45, 2.75) is 58.5 Å². The van der Waals surface area contributed by atoms with Gasteiger partial charge >= 0.3 is 0 Å². The van der Waals surface area contributed by atoms with Crippen molar-refractivity contribution in [1.29, 1.82) is 0 Å². The van der Waals surface area contributed by atoms with Crippen LogP contribution in [0.1, 0.15) is 58.1 Å². The Bertz CT molecular complexity index is 320. The highest BCUT2D eigenvalue weighted by Gasteiger charge is 2.12. The molecule has 0 fully saturated rings. The van der Waals surface area contributed by atoms with Crippen molar-refractivity contribution in [3.63, 3.8) is 0 Å². The molecule has 2 heteroatoms. The van der Waals surface area contributed by atoms with Crippen LogP contribution in [-0.2, 0) is 0 Å². The molecule has 0 amide bonds. The molecule has 0 spiro atoms. The van der Waals surface area contributed by atoms with Crippen LogP contribution in [0.2, 0.25) is 0 Å². The lowest BCUT2D eigenvalue weighted by Crippen LogP contribution is -2.30. The first-order chi connectivity index (χ1) is 8.71. The Morgan fingerprint density at radius 3 is 2.33 bits per heavy atom. The van der Waals surface area contributed by atoms with Gasteiger partial charge in [0, 0.05) is 12.1 Å². The summed E-state index contributed by atoms with van der Waals surface area (Å²) in [6, 6.07) is 9.42. The smallest absolute Gasteiger partial charge is 0.118 e. The molecule has 0 aliphatic carbocycles. The lowest BCUT2D eigenvalue weighted by atomic mass is 10.0. The van der Waals surface area contributed by atoms with E-state index in [9.17, 15) is 0 Å². The molecule has 0 bridgehead atoms. The van der Waals surface area contributed by atoms with Gasteiger partial charge in [0.2, 0.25) is 0 Å². The molecule has 0 aromatic heterocycles. The number of hydrogen-bond donors (Lipinski definition) is 1. The van der Waals surface area contributed by atoms with Crippen LogP contribution in [-0.4, -0.2) is 13.2 Å². The molecule has 102 valence electrons. The number of unbranched alkanes of at least 4 members (excludes halogenated alkanes) is 1. The maximum Gasteiger partial charge on any atom is 0.118 e. The average Bonchev–Trinajstić information content (AvgIpc) is 2.42. The fourth-order valence-electron chi connectivity index (χ4n) is 2.22. The van der Waals surface area contributed by atoms with E-state index in [0.717, 1.165) is 12.2 Å². The second-order valence-corrected chi connectivity index (χ2v) is 4.94. The molecule has 0 heterocycles. The van der Waals surface area contributed by atoms with Gasteiger partial charge in [-0.05, 0) is 37.5 Å². The highest BCUT2D eigenvalue weighted by molar-refractivity contribution is 5.29. The van der Waals surface area contributed by atoms with E-state index < -0.39 is 0 Å². The molecule has 0 radical (unpaired) electrons. The predicted octanol–water partition coefficient (Wildman–Crippen LogP) is 4.31. The van der Waals surface area contributed by atoms with Gasteiger partial charge in [0.05, 0.1) is 7.11 Å². The summed E-state index contributed by atoms with van der Waals surface area (Å²) in [4.78, 5) is 0. The summed E-state index contributed by atoms with van der Waals surface area (Å²) in [6.45, 7) is 6.75. The average molecular weight is 249 g/mol. The fourth-order valence-corrected chi connectivity index (χ4v) is 2.22. The predicted molar refractivity (Wildman–Crippen MR) is 78.1 cm³/mol. The first kappa shape index (κ1) is 15.0. The molecule has 2 unspecified atom stereocenters. The number of methoxy groups -OCH3 is 1. The Morgan fingerprint density at radius 1 is 1.17 bits per heavy atom. The van der Waals surface area contributed by atoms with Crippen LogP contribution in [0.3, 0.4) is 0 Å². The number of nitrogens with one attached hydrogen (secondary N) is 1. The summed E-state index contributed by atoms with van der Waals surface area (Å²) < 4.78 is 5.20. The monoisotopic (exact) mass is 249 g/mol. The number of benzene rings is 1. The molecule has 0 aliphatic rings. The zero-order valence-corrected chi connectivity index (χ0v) is 12.2. The van der Waals surface area contributed by atoms with Gasteiger partial charge in [-0.1, -0.05) is 38.8 Å². The Kier molecular flexibility index (Phi) is 6.81. The van der Waals surface area contributed by atoms with Crippen LogP contribution in [0.15, 0.2) is 24.3 Å². The van der Waals surface area contributed by atoms with Crippen molar-refractivity contribution in [1.82, 2.24) is 5.32 Å². The van der Waals surface area contributed by atoms with Gasteiger partial charge in [0.25, 0.3) is 0 Å². The molecule has 0 saturated carbocycles. The minimum Gasteiger partial charge on any atom is -0.497 e. The summed E-state index contributed by atoms with van der Waals surface area (Å²) in [5.41, 5.74) is 1.35. The van der Waals surface area contributed by atoms with Crippen LogP contribution in [0, 0.1) is 0 Å². The van der Waals surface area contributed by atoms with Gasteiger partial charge < -0.3 is 10.1 Å². The molecule has 18 heavy (non-hydrogen) atoms. The highest BCUT2D eigenvalue weighted by Crippen LogP contribution is 2.21. The number of ether oxygens (including phenoxy) is 1. The van der Waals surface area contributed by atoms with Gasteiger partial charge in [0.15, 0.2) is 0 Å². The minimum atomic E-state index is 0.447. The Labute approximate surface area is 112 Å². The highest BCUT2D eigenvalue weighted by atomic mass is 16.5. The van der Waals surface area contributed by atoms with Gasteiger partial charge in [-0.3, -0.25) is 0 Å². The number of rotatable bonds is 8. The van der Waals surface area contributed by atoms with Crippen LogP contribution >= 0.6 is 0 Å². The van der Waals surface area contributed by atoms with Gasteiger partial charge in [0.1, 0.15) is 5.75 Å². The lowest BCUT2D eigenvalue weighted by molar-refractivity contribution is 0.409. The van der Waals surface area contributed by atoms with Crippen molar-refractivity contribution < 1.29 is 4.74 Å². The van der Waals surface area contributed by atoms with E-state index in [1.165, 1.54) is 24.8 Å². The van der Waals surface area contributed by atoms with Crippen molar-refractivity contribution >= 4 is 0 Å². The maximum atomic E-state index is 5.20. The summed E-state index contributed by atoms with van der Waals surface area (Å²) in [6.07, 6.45) is 4.94. The van der Waals surface area contributed by atoms with E-state index in [1.54, 1.807) is 7.11 Å². The zero-order chi connectivity index (χ0) is 13.4. The quantitative estimate of drug-likeness (QED) is 0.741. The molecule has 2 nitrogen and oxygen atoms in total. The second kappa shape index (κ2) is 8.15. The van der Waals surface area contributed by atoms with E-state index in [-0.39, 0.29) is 0 Å². The Hall–Kier alpha value is -1.02. The normalized spacial score (nSPS) is 14.2. The molecule has 1 rings (SSSR count). The fraction of sp³-hybridized carbons (Fsp3) is 0.625. The van der Waals surface area contributed by atoms with Crippen molar-refractivity contribution in [2.24, 2.45) is 0 Å². The summed E-state index contributed by atoms with van der Waals surface area (Å²) in [5.74, 6) is 0.924. The molecule has 1 aromatic carbocycles. The first-order valence-electron chi connectivity index (χ1n) is 7.11. The van der Waals surface area contributed by atoms with Crippen LogP contribution in [0.25, 0.3) is 0 Å². The molecule has 0 saturated heterocycles. The van der Waals surface area contributed by atoms with Gasteiger partial charge in [-0.25, -0.2) is 0 Å². The van der Waals surface area contributed by atoms with Gasteiger partial charge in [-0.2, -0.15) is 0 Å². The van der Waals surface area contributed by atoms with E-state index in [1.807, 2.05) is 12.1 Å². The molecule has 2 atom stereocenters. The van der Waals surface area contributed by atoms with E-state index in [4.69, 9.17) is 4.74 Å². The first-order valence-corrected chi connectivity index (χ1v) is 7.11. The standard InChI is InChI=1S/C16H27NO/c1-5-7-8-13(3)17-16(6-2)14-9-11-15(18-4)12-10-14/h9-13,16-17H,5-8H2,1-4H3. The van der Waals surface area contributed by atoms with E-state index >= 15 is 0 Å². The van der Waals surface area contributed by atoms with Crippen molar-refractivity contribution in [2.75, 3.05) is 7.11 Å².